The molecule has 6 nitrogen and oxygen atoms in total. The summed E-state index contributed by atoms with van der Waals surface area (Å²) in [6.07, 6.45) is 12.1. The molecule has 2 aromatic heterocycles. The van der Waals surface area contributed by atoms with Crippen molar-refractivity contribution in [2.75, 3.05) is 17.3 Å². The molecule has 0 aliphatic heterocycles. The van der Waals surface area contributed by atoms with Crippen molar-refractivity contribution < 1.29 is 0 Å². The van der Waals surface area contributed by atoms with Crippen LogP contribution in [-0.2, 0) is 0 Å². The van der Waals surface area contributed by atoms with Crippen LogP contribution in [0.25, 0.3) is 5.65 Å². The zero-order valence-electron chi connectivity index (χ0n) is 11.9. The Labute approximate surface area is 118 Å². The first-order chi connectivity index (χ1) is 9.70. The van der Waals surface area contributed by atoms with Crippen LogP contribution in [0.2, 0.25) is 0 Å². The standard InChI is InChI=1S/C14H22N6/c1-14(5-3-2-4-6-14)10-17-12-13-16-7-8-20(13)9-11(18-12)19-15/h7-9,19H,2-6,10,15H2,1H3,(H,17,18). The zero-order chi connectivity index (χ0) is 14.0. The topological polar surface area (TPSA) is 80.3 Å². The fourth-order valence-corrected chi connectivity index (χ4v) is 3.00. The smallest absolute Gasteiger partial charge is 0.180 e. The van der Waals surface area contributed by atoms with Crippen LogP contribution in [0.1, 0.15) is 39.0 Å². The van der Waals surface area contributed by atoms with Crippen molar-refractivity contribution in [2.24, 2.45) is 11.3 Å². The molecule has 2 aromatic rings. The molecule has 0 atom stereocenters. The van der Waals surface area contributed by atoms with Crippen LogP contribution in [0.3, 0.4) is 0 Å². The average Bonchev–Trinajstić information content (AvgIpc) is 2.93. The fraction of sp³-hybridized carbons (Fsp3) is 0.571. The lowest BCUT2D eigenvalue weighted by Crippen LogP contribution is -2.29. The molecule has 1 aliphatic rings. The third kappa shape index (κ3) is 2.56. The maximum atomic E-state index is 5.47. The first-order valence-electron chi connectivity index (χ1n) is 7.24. The van der Waals surface area contributed by atoms with Crippen molar-refractivity contribution in [3.05, 3.63) is 18.6 Å². The Kier molecular flexibility index (Phi) is 3.48. The van der Waals surface area contributed by atoms with Crippen molar-refractivity contribution in [3.8, 4) is 0 Å². The van der Waals surface area contributed by atoms with Crippen LogP contribution in [0.4, 0.5) is 11.6 Å². The minimum atomic E-state index is 0.357. The van der Waals surface area contributed by atoms with Crippen LogP contribution >= 0.6 is 0 Å². The summed E-state index contributed by atoms with van der Waals surface area (Å²) in [4.78, 5) is 8.83. The van der Waals surface area contributed by atoms with Crippen LogP contribution in [0.5, 0.6) is 0 Å². The number of fused-ring (bicyclic) bond motifs is 1. The van der Waals surface area contributed by atoms with E-state index in [1.165, 1.54) is 32.1 Å². The van der Waals surface area contributed by atoms with Crippen molar-refractivity contribution in [2.45, 2.75) is 39.0 Å². The fourth-order valence-electron chi connectivity index (χ4n) is 3.00. The van der Waals surface area contributed by atoms with Crippen molar-refractivity contribution in [1.82, 2.24) is 14.4 Å². The molecule has 4 N–H and O–H groups in total. The number of hydrogen-bond donors (Lipinski definition) is 3. The first kappa shape index (κ1) is 13.2. The predicted octanol–water partition coefficient (Wildman–Crippen LogP) is 2.40. The van der Waals surface area contributed by atoms with Gasteiger partial charge in [0.1, 0.15) is 0 Å². The van der Waals surface area contributed by atoms with Gasteiger partial charge in [-0.05, 0) is 18.3 Å². The molecule has 0 amide bonds. The second-order valence-electron chi connectivity index (χ2n) is 6.00. The van der Waals surface area contributed by atoms with E-state index in [1.54, 1.807) is 6.20 Å². The summed E-state index contributed by atoms with van der Waals surface area (Å²) in [6, 6.07) is 0. The van der Waals surface area contributed by atoms with Crippen LogP contribution in [0, 0.1) is 5.41 Å². The zero-order valence-corrected chi connectivity index (χ0v) is 11.9. The quantitative estimate of drug-likeness (QED) is 0.589. The summed E-state index contributed by atoms with van der Waals surface area (Å²) in [5, 5.41) is 3.47. The molecular weight excluding hydrogens is 252 g/mol. The van der Waals surface area contributed by atoms with E-state index < -0.39 is 0 Å². The molecule has 0 radical (unpaired) electrons. The third-order valence-electron chi connectivity index (χ3n) is 4.27. The molecule has 0 unspecified atom stereocenters. The highest BCUT2D eigenvalue weighted by atomic mass is 15.3. The van der Waals surface area contributed by atoms with Gasteiger partial charge >= 0.3 is 0 Å². The lowest BCUT2D eigenvalue weighted by molar-refractivity contribution is 0.233. The summed E-state index contributed by atoms with van der Waals surface area (Å²) in [7, 11) is 0. The molecule has 0 saturated heterocycles. The number of hydrogen-bond acceptors (Lipinski definition) is 5. The number of hydrazine groups is 1. The average molecular weight is 274 g/mol. The van der Waals surface area contributed by atoms with Crippen LogP contribution in [0.15, 0.2) is 18.6 Å². The second kappa shape index (κ2) is 5.28. The third-order valence-corrected chi connectivity index (χ3v) is 4.27. The molecule has 1 saturated carbocycles. The van der Waals surface area contributed by atoms with Crippen LogP contribution < -0.4 is 16.6 Å². The number of anilines is 2. The van der Waals surface area contributed by atoms with Gasteiger partial charge in [0.2, 0.25) is 0 Å². The first-order valence-corrected chi connectivity index (χ1v) is 7.24. The normalized spacial score (nSPS) is 18.1. The lowest BCUT2D eigenvalue weighted by Gasteiger charge is -2.33. The highest BCUT2D eigenvalue weighted by Crippen LogP contribution is 2.35. The van der Waals surface area contributed by atoms with Gasteiger partial charge in [-0.1, -0.05) is 26.2 Å². The lowest BCUT2D eigenvalue weighted by atomic mass is 9.76. The highest BCUT2D eigenvalue weighted by molar-refractivity contribution is 5.65. The number of nitrogens with zero attached hydrogens (tertiary/aromatic N) is 3. The van der Waals surface area contributed by atoms with E-state index in [2.05, 4.69) is 27.6 Å². The van der Waals surface area contributed by atoms with Gasteiger partial charge < -0.3 is 15.1 Å². The Hall–Kier alpha value is -1.82. The predicted molar refractivity (Wildman–Crippen MR) is 80.5 cm³/mol. The van der Waals surface area contributed by atoms with Gasteiger partial charge in [-0.15, -0.1) is 0 Å². The summed E-state index contributed by atoms with van der Waals surface area (Å²) in [6.45, 7) is 3.28. The summed E-state index contributed by atoms with van der Waals surface area (Å²) in [5.41, 5.74) is 3.79. The maximum absolute atomic E-state index is 5.47. The number of nitrogen functional groups attached to an aromatic ring is 1. The number of nitrogens with one attached hydrogen (secondary N) is 2. The van der Waals surface area contributed by atoms with E-state index in [-0.39, 0.29) is 0 Å². The molecular formula is C14H22N6. The largest absolute Gasteiger partial charge is 0.366 e. The van der Waals surface area contributed by atoms with Gasteiger partial charge in [0.25, 0.3) is 0 Å². The number of aromatic nitrogens is 3. The van der Waals surface area contributed by atoms with E-state index in [1.807, 2.05) is 16.8 Å². The molecule has 20 heavy (non-hydrogen) atoms. The number of imidazole rings is 1. The summed E-state index contributed by atoms with van der Waals surface area (Å²) in [5.74, 6) is 6.89. The minimum Gasteiger partial charge on any atom is -0.366 e. The molecule has 1 fully saturated rings. The van der Waals surface area contributed by atoms with E-state index in [9.17, 15) is 0 Å². The van der Waals surface area contributed by atoms with Gasteiger partial charge in [-0.25, -0.2) is 15.8 Å². The Morgan fingerprint density at radius 1 is 1.35 bits per heavy atom. The van der Waals surface area contributed by atoms with Gasteiger partial charge in [0.15, 0.2) is 17.3 Å². The molecule has 0 aromatic carbocycles. The summed E-state index contributed by atoms with van der Waals surface area (Å²) < 4.78 is 1.92. The Morgan fingerprint density at radius 3 is 2.90 bits per heavy atom. The number of nitrogens with two attached hydrogens (primary N) is 1. The maximum Gasteiger partial charge on any atom is 0.180 e. The van der Waals surface area contributed by atoms with E-state index in [0.29, 0.717) is 11.2 Å². The van der Waals surface area contributed by atoms with Gasteiger partial charge in [0.05, 0.1) is 6.20 Å². The molecule has 108 valence electrons. The van der Waals surface area contributed by atoms with Crippen molar-refractivity contribution in [3.63, 3.8) is 0 Å². The molecule has 2 heterocycles. The number of rotatable bonds is 4. The van der Waals surface area contributed by atoms with E-state index >= 15 is 0 Å². The Morgan fingerprint density at radius 2 is 2.15 bits per heavy atom. The minimum absolute atomic E-state index is 0.357. The van der Waals surface area contributed by atoms with Crippen molar-refractivity contribution >= 4 is 17.3 Å². The van der Waals surface area contributed by atoms with Gasteiger partial charge in [-0.3, -0.25) is 0 Å². The van der Waals surface area contributed by atoms with Crippen LogP contribution in [-0.4, -0.2) is 20.9 Å². The van der Waals surface area contributed by atoms with Gasteiger partial charge in [0, 0.05) is 18.9 Å². The van der Waals surface area contributed by atoms with Gasteiger partial charge in [-0.2, -0.15) is 0 Å². The SMILES string of the molecule is CC1(CNc2nc(NN)cn3ccnc23)CCCCC1. The molecule has 0 spiro atoms. The molecule has 3 rings (SSSR count). The highest BCUT2D eigenvalue weighted by Gasteiger charge is 2.26. The van der Waals surface area contributed by atoms with Crippen molar-refractivity contribution in [1.29, 1.82) is 0 Å². The molecule has 6 heteroatoms. The van der Waals surface area contributed by atoms with E-state index in [4.69, 9.17) is 5.84 Å². The second-order valence-corrected chi connectivity index (χ2v) is 6.00. The van der Waals surface area contributed by atoms with E-state index in [0.717, 1.165) is 18.0 Å². The molecule has 0 bridgehead atoms. The Balaban J connectivity index is 1.81. The Bertz CT molecular complexity index is 584. The molecule has 1 aliphatic carbocycles. The summed E-state index contributed by atoms with van der Waals surface area (Å²) >= 11 is 0. The monoisotopic (exact) mass is 274 g/mol.